The van der Waals surface area contributed by atoms with Crippen LogP contribution in [0.1, 0.15) is 26.7 Å². The van der Waals surface area contributed by atoms with E-state index in [2.05, 4.69) is 31.1 Å². The van der Waals surface area contributed by atoms with Crippen LogP contribution >= 0.6 is 11.6 Å². The van der Waals surface area contributed by atoms with E-state index in [1.54, 1.807) is 6.20 Å². The first kappa shape index (κ1) is 14.1. The molecule has 0 amide bonds. The topological polar surface area (TPSA) is 38.1 Å². The molecule has 0 unspecified atom stereocenters. The molecule has 0 saturated heterocycles. The van der Waals surface area contributed by atoms with E-state index in [9.17, 15) is 0 Å². The molecule has 3 nitrogen and oxygen atoms in total. The van der Waals surface area contributed by atoms with Gasteiger partial charge in [0.1, 0.15) is 0 Å². The van der Waals surface area contributed by atoms with E-state index in [1.807, 2.05) is 24.3 Å². The number of halogens is 1. The van der Waals surface area contributed by atoms with E-state index in [0.29, 0.717) is 0 Å². The molecule has 0 radical (unpaired) electrons. The third-order valence-electron chi connectivity index (χ3n) is 2.68. The average molecular weight is 279 g/mol. The molecule has 0 atom stereocenters. The van der Waals surface area contributed by atoms with Crippen molar-refractivity contribution < 1.29 is 4.42 Å². The molecule has 2 aromatic rings. The van der Waals surface area contributed by atoms with Crippen molar-refractivity contribution in [1.82, 2.24) is 10.3 Å². The van der Waals surface area contributed by atoms with Crippen LogP contribution in [0.15, 0.2) is 34.9 Å². The predicted molar refractivity (Wildman–Crippen MR) is 78.4 cm³/mol. The van der Waals surface area contributed by atoms with Gasteiger partial charge < -0.3 is 9.73 Å². The van der Waals surface area contributed by atoms with Crippen LogP contribution in [0.2, 0.25) is 5.02 Å². The number of hydrogen-bond donors (Lipinski definition) is 1. The highest BCUT2D eigenvalue weighted by atomic mass is 35.5. The van der Waals surface area contributed by atoms with Gasteiger partial charge in [-0.25, -0.2) is 4.98 Å². The van der Waals surface area contributed by atoms with Gasteiger partial charge in [0.25, 0.3) is 0 Å². The van der Waals surface area contributed by atoms with Crippen molar-refractivity contribution in [3.63, 3.8) is 0 Å². The van der Waals surface area contributed by atoms with Gasteiger partial charge in [-0.05, 0) is 45.0 Å². The van der Waals surface area contributed by atoms with Crippen molar-refractivity contribution in [2.24, 2.45) is 0 Å². The monoisotopic (exact) mass is 278 g/mol. The lowest BCUT2D eigenvalue weighted by atomic mass is 10.1. The Morgan fingerprint density at radius 2 is 1.89 bits per heavy atom. The summed E-state index contributed by atoms with van der Waals surface area (Å²) in [6.45, 7) is 7.27. The lowest BCUT2D eigenvalue weighted by Crippen LogP contribution is -2.37. The smallest absolute Gasteiger partial charge is 0.196 e. The summed E-state index contributed by atoms with van der Waals surface area (Å²) in [5.74, 6) is 1.53. The summed E-state index contributed by atoms with van der Waals surface area (Å²) in [5, 5.41) is 4.13. The highest BCUT2D eigenvalue weighted by molar-refractivity contribution is 6.30. The first-order valence-electron chi connectivity index (χ1n) is 6.40. The van der Waals surface area contributed by atoms with E-state index < -0.39 is 0 Å². The maximum atomic E-state index is 5.86. The lowest BCUT2D eigenvalue weighted by molar-refractivity contribution is 0.412. The summed E-state index contributed by atoms with van der Waals surface area (Å²) in [6, 6.07) is 7.56. The molecule has 0 aliphatic rings. The fourth-order valence-electron chi connectivity index (χ4n) is 1.72. The van der Waals surface area contributed by atoms with Crippen molar-refractivity contribution in [2.45, 2.75) is 32.7 Å². The molecule has 2 rings (SSSR count). The van der Waals surface area contributed by atoms with Gasteiger partial charge >= 0.3 is 0 Å². The fourth-order valence-corrected chi connectivity index (χ4v) is 1.84. The van der Waals surface area contributed by atoms with Crippen LogP contribution in [0.25, 0.3) is 11.3 Å². The van der Waals surface area contributed by atoms with Gasteiger partial charge in [-0.1, -0.05) is 11.6 Å². The Morgan fingerprint density at radius 3 is 2.53 bits per heavy atom. The molecule has 1 heterocycles. The number of benzene rings is 1. The van der Waals surface area contributed by atoms with Crippen molar-refractivity contribution >= 4 is 11.6 Å². The zero-order valence-corrected chi connectivity index (χ0v) is 12.3. The summed E-state index contributed by atoms with van der Waals surface area (Å²) in [5.41, 5.74) is 1.11. The second kappa shape index (κ2) is 5.76. The lowest BCUT2D eigenvalue weighted by Gasteiger charge is -2.19. The summed E-state index contributed by atoms with van der Waals surface area (Å²) in [7, 11) is 0. The van der Waals surface area contributed by atoms with Crippen molar-refractivity contribution in [3.8, 4) is 11.3 Å². The number of rotatable bonds is 4. The van der Waals surface area contributed by atoms with Crippen LogP contribution in [-0.4, -0.2) is 17.1 Å². The maximum Gasteiger partial charge on any atom is 0.196 e. The van der Waals surface area contributed by atoms with Gasteiger partial charge in [-0.2, -0.15) is 0 Å². The van der Waals surface area contributed by atoms with Gasteiger partial charge in [0.15, 0.2) is 11.7 Å². The van der Waals surface area contributed by atoms with E-state index in [1.165, 1.54) is 0 Å². The fraction of sp³-hybridized carbons (Fsp3) is 0.400. The van der Waals surface area contributed by atoms with Crippen molar-refractivity contribution in [3.05, 3.63) is 41.4 Å². The molecule has 0 aliphatic heterocycles. The molecular formula is C15H19ClN2O. The molecule has 0 saturated carbocycles. The van der Waals surface area contributed by atoms with E-state index >= 15 is 0 Å². The van der Waals surface area contributed by atoms with Crippen LogP contribution in [0, 0.1) is 0 Å². The van der Waals surface area contributed by atoms with Gasteiger partial charge in [0.2, 0.25) is 0 Å². The number of oxazole rings is 1. The zero-order valence-electron chi connectivity index (χ0n) is 11.5. The Labute approximate surface area is 119 Å². The van der Waals surface area contributed by atoms with Gasteiger partial charge in [0.05, 0.1) is 6.20 Å². The molecule has 0 fully saturated rings. The normalized spacial score (nSPS) is 11.8. The number of nitrogens with one attached hydrogen (secondary N) is 1. The maximum absolute atomic E-state index is 5.86. The average Bonchev–Trinajstić information content (AvgIpc) is 2.77. The third kappa shape index (κ3) is 4.37. The van der Waals surface area contributed by atoms with Crippen LogP contribution < -0.4 is 5.32 Å². The highest BCUT2D eigenvalue weighted by Crippen LogP contribution is 2.22. The molecule has 1 N–H and O–H groups in total. The van der Waals surface area contributed by atoms with Crippen LogP contribution in [0.4, 0.5) is 0 Å². The summed E-state index contributed by atoms with van der Waals surface area (Å²) < 4.78 is 5.73. The first-order valence-corrected chi connectivity index (χ1v) is 6.77. The Kier molecular flexibility index (Phi) is 4.27. The minimum absolute atomic E-state index is 0.117. The molecular weight excluding hydrogens is 260 g/mol. The summed E-state index contributed by atoms with van der Waals surface area (Å²) in [6.07, 6.45) is 2.54. The standard InChI is InChI=1S/C15H19ClN2O/c1-15(2,3)18-9-8-14-17-10-13(19-14)11-4-6-12(16)7-5-11/h4-7,10,18H,8-9H2,1-3H3. The van der Waals surface area contributed by atoms with Crippen molar-refractivity contribution in [1.29, 1.82) is 0 Å². The van der Waals surface area contributed by atoms with E-state index in [-0.39, 0.29) is 5.54 Å². The van der Waals surface area contributed by atoms with Gasteiger partial charge in [-0.3, -0.25) is 0 Å². The van der Waals surface area contributed by atoms with Crippen molar-refractivity contribution in [2.75, 3.05) is 6.54 Å². The van der Waals surface area contributed by atoms with Gasteiger partial charge in [-0.15, -0.1) is 0 Å². The minimum atomic E-state index is 0.117. The molecule has 0 bridgehead atoms. The van der Waals surface area contributed by atoms with Crippen LogP contribution in [0.3, 0.4) is 0 Å². The minimum Gasteiger partial charge on any atom is -0.441 e. The Bertz CT molecular complexity index is 526. The predicted octanol–water partition coefficient (Wildman–Crippen LogP) is 3.93. The van der Waals surface area contributed by atoms with Gasteiger partial charge in [0, 0.05) is 29.1 Å². The molecule has 0 spiro atoms. The Hall–Kier alpha value is -1.32. The quantitative estimate of drug-likeness (QED) is 0.921. The molecule has 102 valence electrons. The third-order valence-corrected chi connectivity index (χ3v) is 2.93. The second-order valence-corrected chi connectivity index (χ2v) is 5.99. The SMILES string of the molecule is CC(C)(C)NCCc1ncc(-c2ccc(Cl)cc2)o1. The summed E-state index contributed by atoms with van der Waals surface area (Å²) in [4.78, 5) is 4.29. The zero-order chi connectivity index (χ0) is 13.9. The second-order valence-electron chi connectivity index (χ2n) is 5.55. The first-order chi connectivity index (χ1) is 8.94. The molecule has 1 aromatic carbocycles. The summed E-state index contributed by atoms with van der Waals surface area (Å²) >= 11 is 5.86. The number of hydrogen-bond acceptors (Lipinski definition) is 3. The Balaban J connectivity index is 1.97. The van der Waals surface area contributed by atoms with Crippen LogP contribution in [-0.2, 0) is 6.42 Å². The van der Waals surface area contributed by atoms with E-state index in [4.69, 9.17) is 16.0 Å². The molecule has 4 heteroatoms. The number of nitrogens with zero attached hydrogens (tertiary/aromatic N) is 1. The highest BCUT2D eigenvalue weighted by Gasteiger charge is 2.10. The molecule has 19 heavy (non-hydrogen) atoms. The van der Waals surface area contributed by atoms with Crippen LogP contribution in [0.5, 0.6) is 0 Å². The number of aromatic nitrogens is 1. The molecule has 1 aromatic heterocycles. The molecule has 0 aliphatic carbocycles. The van der Waals surface area contributed by atoms with E-state index in [0.717, 1.165) is 35.2 Å². The largest absolute Gasteiger partial charge is 0.441 e. The Morgan fingerprint density at radius 1 is 1.21 bits per heavy atom.